The van der Waals surface area contributed by atoms with E-state index in [9.17, 15) is 4.39 Å². The second-order valence-electron chi connectivity index (χ2n) is 8.35. The van der Waals surface area contributed by atoms with Gasteiger partial charge in [-0.3, -0.25) is 0 Å². The van der Waals surface area contributed by atoms with Crippen molar-refractivity contribution in [2.75, 3.05) is 18.5 Å². The standard InChI is InChI=1S/C23H21FN8O3S/c24-14-1-3-15(4-2-14)26-22(36)27-18-11-33-21-19(12-34-20(18)21)32-23(28-29-30-32)35-17-7-5-16(6-8-17)31-10-9-25-13-31/h1-10,13,18-21H,11-12H2,(H2,26,27,36). The molecule has 0 amide bonds. The fourth-order valence-corrected chi connectivity index (χ4v) is 4.61. The summed E-state index contributed by atoms with van der Waals surface area (Å²) >= 11 is 5.41. The topological polar surface area (TPSA) is 113 Å². The smallest absolute Gasteiger partial charge is 0.341 e. The molecule has 4 unspecified atom stereocenters. The molecule has 0 saturated carbocycles. The monoisotopic (exact) mass is 508 g/mol. The van der Waals surface area contributed by atoms with Gasteiger partial charge in [0, 0.05) is 23.8 Å². The van der Waals surface area contributed by atoms with E-state index in [0.717, 1.165) is 5.69 Å². The van der Waals surface area contributed by atoms with Crippen molar-refractivity contribution in [2.45, 2.75) is 24.3 Å². The number of aromatic nitrogens is 6. The molecule has 4 aromatic rings. The Hall–Kier alpha value is -3.94. The molecular weight excluding hydrogens is 487 g/mol. The molecule has 0 aliphatic carbocycles. The number of hydrogen-bond donors (Lipinski definition) is 2. The molecule has 2 aromatic heterocycles. The van der Waals surface area contributed by atoms with E-state index >= 15 is 0 Å². The molecule has 2 N–H and O–H groups in total. The maximum Gasteiger partial charge on any atom is 0.341 e. The van der Waals surface area contributed by atoms with Crippen molar-refractivity contribution in [1.29, 1.82) is 0 Å². The second-order valence-corrected chi connectivity index (χ2v) is 8.76. The van der Waals surface area contributed by atoms with Crippen LogP contribution in [0.5, 0.6) is 11.8 Å². The average molecular weight is 509 g/mol. The number of tetrazole rings is 1. The highest BCUT2D eigenvalue weighted by Gasteiger charge is 2.50. The van der Waals surface area contributed by atoms with Crippen LogP contribution in [0, 0.1) is 5.82 Å². The van der Waals surface area contributed by atoms with Crippen molar-refractivity contribution >= 4 is 23.0 Å². The number of thiocarbonyl (C=S) groups is 1. The van der Waals surface area contributed by atoms with Gasteiger partial charge in [0.05, 0.1) is 25.6 Å². The zero-order valence-electron chi connectivity index (χ0n) is 18.8. The van der Waals surface area contributed by atoms with Gasteiger partial charge in [0.25, 0.3) is 0 Å². The molecule has 2 aliphatic rings. The normalized spacial score (nSPS) is 22.8. The van der Waals surface area contributed by atoms with Gasteiger partial charge < -0.3 is 29.4 Å². The van der Waals surface area contributed by atoms with Gasteiger partial charge in [0.2, 0.25) is 0 Å². The van der Waals surface area contributed by atoms with E-state index < -0.39 is 0 Å². The number of fused-ring (bicyclic) bond motifs is 1. The van der Waals surface area contributed by atoms with Crippen LogP contribution in [0.1, 0.15) is 6.04 Å². The zero-order valence-corrected chi connectivity index (χ0v) is 19.6. The summed E-state index contributed by atoms with van der Waals surface area (Å²) in [7, 11) is 0. The van der Waals surface area contributed by atoms with Crippen LogP contribution >= 0.6 is 12.2 Å². The molecule has 13 heteroatoms. The third kappa shape index (κ3) is 4.51. The highest BCUT2D eigenvalue weighted by molar-refractivity contribution is 7.80. The number of rotatable bonds is 6. The lowest BCUT2D eigenvalue weighted by Crippen LogP contribution is -2.45. The van der Waals surface area contributed by atoms with Crippen molar-refractivity contribution < 1.29 is 18.6 Å². The minimum Gasteiger partial charge on any atom is -0.423 e. The first-order valence-electron chi connectivity index (χ1n) is 11.2. The number of nitrogens with zero attached hydrogens (tertiary/aromatic N) is 6. The van der Waals surface area contributed by atoms with Crippen LogP contribution in [-0.4, -0.2) is 66.3 Å². The number of anilines is 1. The summed E-state index contributed by atoms with van der Waals surface area (Å²) in [5, 5.41) is 18.6. The summed E-state index contributed by atoms with van der Waals surface area (Å²) in [5.41, 5.74) is 1.64. The van der Waals surface area contributed by atoms with E-state index in [4.69, 9.17) is 26.4 Å². The van der Waals surface area contributed by atoms with Crippen molar-refractivity contribution in [3.63, 3.8) is 0 Å². The van der Waals surface area contributed by atoms with Gasteiger partial charge in [0.15, 0.2) is 5.11 Å². The molecule has 11 nitrogen and oxygen atoms in total. The van der Waals surface area contributed by atoms with Gasteiger partial charge in [-0.1, -0.05) is 5.10 Å². The van der Waals surface area contributed by atoms with Gasteiger partial charge in [-0.25, -0.2) is 9.37 Å². The number of halogens is 1. The molecule has 184 valence electrons. The molecule has 0 radical (unpaired) electrons. The maximum atomic E-state index is 13.1. The van der Waals surface area contributed by atoms with Gasteiger partial charge in [-0.2, -0.15) is 4.68 Å². The molecule has 4 heterocycles. The van der Waals surface area contributed by atoms with Crippen LogP contribution < -0.4 is 15.4 Å². The minimum absolute atomic E-state index is 0.169. The lowest BCUT2D eigenvalue weighted by Gasteiger charge is -2.20. The summed E-state index contributed by atoms with van der Waals surface area (Å²) in [4.78, 5) is 4.06. The third-order valence-corrected chi connectivity index (χ3v) is 6.29. The molecule has 36 heavy (non-hydrogen) atoms. The average Bonchev–Trinajstić information content (AvgIpc) is 3.68. The molecule has 4 atom stereocenters. The fourth-order valence-electron chi connectivity index (χ4n) is 4.35. The number of nitrogens with one attached hydrogen (secondary N) is 2. The Balaban J connectivity index is 1.10. The summed E-state index contributed by atoms with van der Waals surface area (Å²) in [5.74, 6) is 0.281. The largest absolute Gasteiger partial charge is 0.423 e. The lowest BCUT2D eigenvalue weighted by molar-refractivity contribution is 0.0615. The second kappa shape index (κ2) is 9.60. The predicted molar refractivity (Wildman–Crippen MR) is 130 cm³/mol. The van der Waals surface area contributed by atoms with E-state index in [1.165, 1.54) is 12.1 Å². The third-order valence-electron chi connectivity index (χ3n) is 6.07. The molecule has 0 spiro atoms. The van der Waals surface area contributed by atoms with Crippen molar-refractivity contribution in [3.8, 4) is 17.4 Å². The Morgan fingerprint density at radius 3 is 2.64 bits per heavy atom. The van der Waals surface area contributed by atoms with Crippen LogP contribution in [0.4, 0.5) is 10.1 Å². The highest BCUT2D eigenvalue weighted by Crippen LogP contribution is 2.36. The minimum atomic E-state index is -0.311. The molecule has 6 rings (SSSR count). The van der Waals surface area contributed by atoms with Crippen molar-refractivity contribution in [2.24, 2.45) is 0 Å². The first kappa shape index (κ1) is 22.5. The number of benzene rings is 2. The first-order valence-corrected chi connectivity index (χ1v) is 11.7. The fraction of sp³-hybridized carbons (Fsp3) is 0.261. The van der Waals surface area contributed by atoms with Crippen LogP contribution in [0.25, 0.3) is 5.69 Å². The Kier molecular flexibility index (Phi) is 6.01. The maximum absolute atomic E-state index is 13.1. The predicted octanol–water partition coefficient (Wildman–Crippen LogP) is 2.48. The summed E-state index contributed by atoms with van der Waals surface area (Å²) in [6.07, 6.45) is 4.76. The summed E-state index contributed by atoms with van der Waals surface area (Å²) < 4.78 is 34.7. The Morgan fingerprint density at radius 2 is 1.86 bits per heavy atom. The van der Waals surface area contributed by atoms with Gasteiger partial charge in [-0.15, -0.1) is 0 Å². The van der Waals surface area contributed by atoms with E-state index in [0.29, 0.717) is 29.8 Å². The van der Waals surface area contributed by atoms with E-state index in [-0.39, 0.29) is 36.1 Å². The van der Waals surface area contributed by atoms with Gasteiger partial charge >= 0.3 is 6.01 Å². The van der Waals surface area contributed by atoms with E-state index in [1.807, 2.05) is 35.0 Å². The Bertz CT molecular complexity index is 1330. The Morgan fingerprint density at radius 1 is 1.06 bits per heavy atom. The Labute approximate surface area is 210 Å². The summed E-state index contributed by atoms with van der Waals surface area (Å²) in [6, 6.07) is 13.3. The summed E-state index contributed by atoms with van der Waals surface area (Å²) in [6.45, 7) is 0.748. The van der Waals surface area contributed by atoms with Crippen molar-refractivity contribution in [1.82, 2.24) is 35.1 Å². The molecule has 0 bridgehead atoms. The van der Waals surface area contributed by atoms with Crippen LogP contribution in [0.15, 0.2) is 67.3 Å². The number of ether oxygens (including phenoxy) is 3. The SMILES string of the molecule is Fc1ccc(NC(=S)NC2COC3C2OCC3n2nnnc2Oc2ccc(-n3ccnc3)cc2)cc1. The van der Waals surface area contributed by atoms with E-state index in [1.54, 1.807) is 29.3 Å². The number of hydrogen-bond acceptors (Lipinski definition) is 8. The van der Waals surface area contributed by atoms with Gasteiger partial charge in [0.1, 0.15) is 29.8 Å². The van der Waals surface area contributed by atoms with Crippen molar-refractivity contribution in [3.05, 3.63) is 73.1 Å². The zero-order chi connectivity index (χ0) is 24.5. The molecule has 2 aromatic carbocycles. The van der Waals surface area contributed by atoms with Crippen LogP contribution in [0.3, 0.4) is 0 Å². The quantitative estimate of drug-likeness (QED) is 0.377. The molecular formula is C23H21FN8O3S. The van der Waals surface area contributed by atoms with Crippen LogP contribution in [0.2, 0.25) is 0 Å². The van der Waals surface area contributed by atoms with Gasteiger partial charge in [-0.05, 0) is 71.2 Å². The van der Waals surface area contributed by atoms with Crippen LogP contribution in [-0.2, 0) is 9.47 Å². The molecule has 2 fully saturated rings. The first-order chi connectivity index (χ1) is 17.6. The van der Waals surface area contributed by atoms with E-state index in [2.05, 4.69) is 31.1 Å². The molecule has 2 saturated heterocycles. The highest BCUT2D eigenvalue weighted by atomic mass is 32.1. The number of imidazole rings is 1. The lowest BCUT2D eigenvalue weighted by atomic mass is 10.1. The molecule has 2 aliphatic heterocycles.